The molecule has 4 heterocycles. The molecular weight excluding hydrogens is 701 g/mol. The zero-order chi connectivity index (χ0) is 37.5. The van der Waals surface area contributed by atoms with E-state index in [2.05, 4.69) is 120 Å². The molecule has 0 unspecified atom stereocenters. The van der Waals surface area contributed by atoms with Crippen LogP contribution in [-0.2, 0) is 0 Å². The molecule has 0 radical (unpaired) electrons. The molecule has 266 valence electrons. The summed E-state index contributed by atoms with van der Waals surface area (Å²) in [5.74, 6) is 1.59. The van der Waals surface area contributed by atoms with Crippen LogP contribution < -0.4 is 0 Å². The van der Waals surface area contributed by atoms with Crippen molar-refractivity contribution in [2.75, 3.05) is 0 Å². The van der Waals surface area contributed by atoms with E-state index in [1.165, 1.54) is 0 Å². The molecule has 57 heavy (non-hydrogen) atoms. The fourth-order valence-corrected chi connectivity index (χ4v) is 8.51. The lowest BCUT2D eigenvalue weighted by Gasteiger charge is -2.13. The number of benzene rings is 8. The van der Waals surface area contributed by atoms with Crippen LogP contribution in [0.3, 0.4) is 0 Å². The summed E-state index contributed by atoms with van der Waals surface area (Å²) in [6.45, 7) is 0. The summed E-state index contributed by atoms with van der Waals surface area (Å²) < 4.78 is 15.5. The monoisotopic (exact) mass is 730 g/mol. The van der Waals surface area contributed by atoms with Gasteiger partial charge in [-0.05, 0) is 47.0 Å². The van der Waals surface area contributed by atoms with Crippen LogP contribution in [0.15, 0.2) is 191 Å². The maximum absolute atomic E-state index is 6.75. The highest BCUT2D eigenvalue weighted by atomic mass is 16.3. The number of furan rings is 2. The van der Waals surface area contributed by atoms with Crippen LogP contribution >= 0.6 is 0 Å². The first-order chi connectivity index (χ1) is 28.3. The Morgan fingerprint density at radius 3 is 1.72 bits per heavy atom. The molecule has 6 nitrogen and oxygen atoms in total. The lowest BCUT2D eigenvalue weighted by molar-refractivity contribution is 0.669. The molecule has 0 aliphatic rings. The molecule has 0 bridgehead atoms. The Kier molecular flexibility index (Phi) is 6.83. The molecule has 12 rings (SSSR count). The number of hydrogen-bond donors (Lipinski definition) is 0. The Hall–Kier alpha value is -7.83. The highest BCUT2D eigenvalue weighted by Crippen LogP contribution is 2.43. The lowest BCUT2D eigenvalue weighted by Crippen LogP contribution is -2.07. The van der Waals surface area contributed by atoms with E-state index in [0.29, 0.717) is 17.6 Å². The largest absolute Gasteiger partial charge is 0.456 e. The molecule has 0 N–H and O–H groups in total. The molecule has 12 aromatic rings. The molecule has 6 heteroatoms. The first-order valence-corrected chi connectivity index (χ1v) is 19.0. The van der Waals surface area contributed by atoms with Crippen LogP contribution in [0, 0.1) is 0 Å². The standard InChI is InChI=1S/C51H30N4O2/c1-4-14-31(15-5-1)35-21-13-25-43-45(35)41-27-26-34(30-44(41)56-43)50-52-49(33-18-8-3-9-19-33)53-51(54-50)55-46-36(32-16-6-2-7-17-32)22-12-23-38(46)39-28-29-40-37-20-10-11-24-42(37)57-48(40)47(39)55/h1-30H. The molecule has 0 aliphatic heterocycles. The Morgan fingerprint density at radius 1 is 0.351 bits per heavy atom. The summed E-state index contributed by atoms with van der Waals surface area (Å²) in [6, 6.07) is 62.6. The molecule has 8 aromatic carbocycles. The van der Waals surface area contributed by atoms with E-state index in [-0.39, 0.29) is 0 Å². The zero-order valence-electron chi connectivity index (χ0n) is 30.4. The van der Waals surface area contributed by atoms with Crippen LogP contribution in [0.4, 0.5) is 0 Å². The van der Waals surface area contributed by atoms with Gasteiger partial charge < -0.3 is 8.83 Å². The average Bonchev–Trinajstić information content (AvgIpc) is 3.96. The van der Waals surface area contributed by atoms with Crippen molar-refractivity contribution in [2.24, 2.45) is 0 Å². The summed E-state index contributed by atoms with van der Waals surface area (Å²) in [7, 11) is 0. The summed E-state index contributed by atoms with van der Waals surface area (Å²) in [4.78, 5) is 15.8. The number of hydrogen-bond acceptors (Lipinski definition) is 5. The highest BCUT2D eigenvalue weighted by molar-refractivity contribution is 6.23. The molecular formula is C51H30N4O2. The molecule has 0 amide bonds. The highest BCUT2D eigenvalue weighted by Gasteiger charge is 2.24. The van der Waals surface area contributed by atoms with E-state index in [1.807, 2.05) is 66.7 Å². The van der Waals surface area contributed by atoms with E-state index in [9.17, 15) is 0 Å². The fraction of sp³-hybridized carbons (Fsp3) is 0. The Labute approximate surface area is 325 Å². The van der Waals surface area contributed by atoms with Crippen molar-refractivity contribution in [2.45, 2.75) is 0 Å². The van der Waals surface area contributed by atoms with Gasteiger partial charge in [-0.3, -0.25) is 4.57 Å². The Morgan fingerprint density at radius 2 is 0.930 bits per heavy atom. The van der Waals surface area contributed by atoms with Crippen molar-refractivity contribution in [1.29, 1.82) is 0 Å². The van der Waals surface area contributed by atoms with E-state index in [1.54, 1.807) is 0 Å². The lowest BCUT2D eigenvalue weighted by atomic mass is 9.99. The van der Waals surface area contributed by atoms with E-state index in [4.69, 9.17) is 23.8 Å². The van der Waals surface area contributed by atoms with Crippen molar-refractivity contribution < 1.29 is 8.83 Å². The van der Waals surface area contributed by atoms with Gasteiger partial charge in [0.25, 0.3) is 0 Å². The third kappa shape index (κ3) is 4.87. The van der Waals surface area contributed by atoms with Crippen LogP contribution in [0.1, 0.15) is 0 Å². The van der Waals surface area contributed by atoms with Gasteiger partial charge in [-0.15, -0.1) is 0 Å². The molecule has 0 aliphatic carbocycles. The van der Waals surface area contributed by atoms with E-state index >= 15 is 0 Å². The maximum Gasteiger partial charge on any atom is 0.238 e. The SMILES string of the molecule is c1ccc(-c2nc(-c3ccc4c(c3)oc3cccc(-c5ccccc5)c34)nc(-n3c4c(-c5ccccc5)cccc4c4ccc5c6ccccc6oc5c43)n2)cc1. The van der Waals surface area contributed by atoms with Gasteiger partial charge in [-0.2, -0.15) is 9.97 Å². The summed E-state index contributed by atoms with van der Waals surface area (Å²) in [5, 5.41) is 6.34. The second-order valence-electron chi connectivity index (χ2n) is 14.3. The number of fused-ring (bicyclic) bond motifs is 10. The average molecular weight is 731 g/mol. The van der Waals surface area contributed by atoms with Gasteiger partial charge in [0, 0.05) is 49.0 Å². The quantitative estimate of drug-likeness (QED) is 0.176. The summed E-state index contributed by atoms with van der Waals surface area (Å²) in [6.07, 6.45) is 0. The smallest absolute Gasteiger partial charge is 0.238 e. The van der Waals surface area contributed by atoms with Gasteiger partial charge in [0.1, 0.15) is 22.3 Å². The topological polar surface area (TPSA) is 69.9 Å². The minimum atomic E-state index is 0.492. The summed E-state index contributed by atoms with van der Waals surface area (Å²) in [5.41, 5.74) is 11.2. The van der Waals surface area contributed by atoms with E-state index in [0.717, 1.165) is 99.1 Å². The van der Waals surface area contributed by atoms with Gasteiger partial charge in [-0.1, -0.05) is 152 Å². The number of aromatic nitrogens is 4. The van der Waals surface area contributed by atoms with Crippen LogP contribution in [-0.4, -0.2) is 19.5 Å². The van der Waals surface area contributed by atoms with Crippen LogP contribution in [0.2, 0.25) is 0 Å². The van der Waals surface area contributed by atoms with Crippen molar-refractivity contribution in [3.8, 4) is 51.0 Å². The second kappa shape index (κ2) is 12.3. The predicted octanol–water partition coefficient (Wildman–Crippen LogP) is 13.4. The minimum absolute atomic E-state index is 0.492. The van der Waals surface area contributed by atoms with Crippen molar-refractivity contribution in [1.82, 2.24) is 19.5 Å². The molecule has 0 fully saturated rings. The minimum Gasteiger partial charge on any atom is -0.456 e. The molecule has 0 atom stereocenters. The third-order valence-electron chi connectivity index (χ3n) is 11.1. The Bertz CT molecular complexity index is 3510. The maximum atomic E-state index is 6.75. The van der Waals surface area contributed by atoms with Gasteiger partial charge in [0.15, 0.2) is 17.2 Å². The molecule has 4 aromatic heterocycles. The van der Waals surface area contributed by atoms with Gasteiger partial charge >= 0.3 is 0 Å². The third-order valence-corrected chi connectivity index (χ3v) is 11.1. The first-order valence-electron chi connectivity index (χ1n) is 19.0. The van der Waals surface area contributed by atoms with Crippen molar-refractivity contribution in [3.05, 3.63) is 182 Å². The number of rotatable bonds is 5. The fourth-order valence-electron chi connectivity index (χ4n) is 8.51. The van der Waals surface area contributed by atoms with Crippen molar-refractivity contribution in [3.63, 3.8) is 0 Å². The summed E-state index contributed by atoms with van der Waals surface area (Å²) >= 11 is 0. The number of nitrogens with zero attached hydrogens (tertiary/aromatic N) is 4. The number of para-hydroxylation sites is 2. The Balaban J connectivity index is 1.17. The van der Waals surface area contributed by atoms with Gasteiger partial charge in [0.2, 0.25) is 5.95 Å². The van der Waals surface area contributed by atoms with Gasteiger partial charge in [-0.25, -0.2) is 4.98 Å². The molecule has 0 spiro atoms. The predicted molar refractivity (Wildman–Crippen MR) is 230 cm³/mol. The van der Waals surface area contributed by atoms with Crippen LogP contribution in [0.5, 0.6) is 0 Å². The zero-order valence-corrected chi connectivity index (χ0v) is 30.4. The second-order valence-corrected chi connectivity index (χ2v) is 14.3. The van der Waals surface area contributed by atoms with Crippen LogP contribution in [0.25, 0.3) is 117 Å². The van der Waals surface area contributed by atoms with Gasteiger partial charge in [0.05, 0.1) is 5.52 Å². The van der Waals surface area contributed by atoms with Crippen molar-refractivity contribution >= 4 is 65.7 Å². The normalized spacial score (nSPS) is 11.9. The first kappa shape index (κ1) is 31.5. The van der Waals surface area contributed by atoms with E-state index < -0.39 is 0 Å². The molecule has 0 saturated carbocycles. The molecule has 0 saturated heterocycles.